The molecule has 0 amide bonds. The zero-order chi connectivity index (χ0) is 33.9. The molecule has 0 radical (unpaired) electrons. The second-order valence-electron chi connectivity index (χ2n) is 12.5. The van der Waals surface area contributed by atoms with Crippen molar-refractivity contribution in [3.05, 3.63) is 144 Å². The maximum absolute atomic E-state index is 13.6. The number of nitrogens with one attached hydrogen (secondary N) is 1. The topological polar surface area (TPSA) is 84.5 Å². The molecule has 4 aromatic rings. The predicted octanol–water partition coefficient (Wildman–Crippen LogP) is 6.44. The minimum absolute atomic E-state index is 0.0185. The lowest BCUT2D eigenvalue weighted by molar-refractivity contribution is -0.309. The number of ether oxygens (including phenoxy) is 6. The van der Waals surface area contributed by atoms with Crippen LogP contribution < -0.4 is 5.32 Å². The Morgan fingerprint density at radius 3 is 1.67 bits per heavy atom. The summed E-state index contributed by atoms with van der Waals surface area (Å²) in [7, 11) is 1.41. The van der Waals surface area contributed by atoms with Crippen LogP contribution in [0.2, 0.25) is 0 Å². The smallest absolute Gasteiger partial charge is 0.325 e. The third kappa shape index (κ3) is 8.96. The van der Waals surface area contributed by atoms with Crippen LogP contribution in [0.3, 0.4) is 0 Å². The Labute approximate surface area is 302 Å². The third-order valence-electron chi connectivity index (χ3n) is 9.16. The highest BCUT2D eigenvalue weighted by Crippen LogP contribution is 2.45. The van der Waals surface area contributed by atoms with E-state index in [0.717, 1.165) is 26.7 Å². The number of methoxy groups -OCH3 is 1. The summed E-state index contributed by atoms with van der Waals surface area (Å²) in [6, 6.07) is 39.3. The van der Waals surface area contributed by atoms with Crippen molar-refractivity contribution >= 4 is 28.6 Å². The van der Waals surface area contributed by atoms with Crippen molar-refractivity contribution in [2.75, 3.05) is 18.1 Å². The summed E-state index contributed by atoms with van der Waals surface area (Å²) >= 11 is 2.35. The van der Waals surface area contributed by atoms with E-state index >= 15 is 0 Å². The molecule has 9 heteroatoms. The van der Waals surface area contributed by atoms with Crippen LogP contribution in [-0.2, 0) is 59.6 Å². The normalized spacial score (nSPS) is 26.5. The summed E-state index contributed by atoms with van der Waals surface area (Å²) < 4.78 is 40.3. The van der Waals surface area contributed by atoms with Gasteiger partial charge < -0.3 is 28.4 Å². The summed E-state index contributed by atoms with van der Waals surface area (Å²) in [5, 5.41) is 3.53. The van der Waals surface area contributed by atoms with Crippen LogP contribution in [0.5, 0.6) is 0 Å². The molecule has 1 N–H and O–H groups in total. The van der Waals surface area contributed by atoms with Crippen LogP contribution in [0.25, 0.3) is 0 Å². The van der Waals surface area contributed by atoms with Gasteiger partial charge in [0, 0.05) is 10.5 Å². The molecule has 258 valence electrons. The molecule has 8 nitrogen and oxygen atoms in total. The highest BCUT2D eigenvalue weighted by atomic mass is 127. The molecule has 2 saturated heterocycles. The van der Waals surface area contributed by atoms with Gasteiger partial charge >= 0.3 is 5.97 Å². The molecule has 2 heterocycles. The SMILES string of the molecule is COC(=O)C1NC(CI)C[C@]12OC(COCc1ccccc1)[C@H](OCc1ccccc1)[C@H](OCc1ccccc1)C2OCc1ccccc1. The Morgan fingerprint density at radius 1 is 0.714 bits per heavy atom. The molecule has 2 aliphatic rings. The van der Waals surface area contributed by atoms with Gasteiger partial charge in [0.05, 0.1) is 40.1 Å². The lowest BCUT2D eigenvalue weighted by atomic mass is 9.78. The number of carbonyl (C=O) groups is 1. The van der Waals surface area contributed by atoms with Crippen LogP contribution in [0, 0.1) is 0 Å². The number of benzene rings is 4. The number of carbonyl (C=O) groups excluding carboxylic acids is 1. The van der Waals surface area contributed by atoms with Gasteiger partial charge in [0.25, 0.3) is 0 Å². The highest BCUT2D eigenvalue weighted by Gasteiger charge is 2.65. The van der Waals surface area contributed by atoms with Gasteiger partial charge in [0.2, 0.25) is 0 Å². The molecule has 4 unspecified atom stereocenters. The lowest BCUT2D eigenvalue weighted by Crippen LogP contribution is -2.71. The van der Waals surface area contributed by atoms with E-state index in [0.29, 0.717) is 32.8 Å². The predicted molar refractivity (Wildman–Crippen MR) is 195 cm³/mol. The number of halogens is 1. The molecule has 0 saturated carbocycles. The number of alkyl halides is 1. The summed E-state index contributed by atoms with van der Waals surface area (Å²) in [6.07, 6.45) is -2.00. The van der Waals surface area contributed by atoms with Crippen molar-refractivity contribution in [3.8, 4) is 0 Å². The van der Waals surface area contributed by atoms with Crippen LogP contribution >= 0.6 is 22.6 Å². The quantitative estimate of drug-likeness (QED) is 0.0841. The first-order valence-corrected chi connectivity index (χ1v) is 18.3. The second-order valence-corrected chi connectivity index (χ2v) is 13.4. The number of hydrogen-bond acceptors (Lipinski definition) is 8. The van der Waals surface area contributed by atoms with Gasteiger partial charge in [-0.1, -0.05) is 144 Å². The highest BCUT2D eigenvalue weighted by molar-refractivity contribution is 14.1. The maximum atomic E-state index is 13.6. The lowest BCUT2D eigenvalue weighted by Gasteiger charge is -2.53. The third-order valence-corrected chi connectivity index (χ3v) is 10.2. The minimum atomic E-state index is -1.13. The number of hydrogen-bond donors (Lipinski definition) is 1. The summed E-state index contributed by atoms with van der Waals surface area (Å²) in [5.41, 5.74) is 2.96. The van der Waals surface area contributed by atoms with Crippen LogP contribution in [0.1, 0.15) is 28.7 Å². The van der Waals surface area contributed by atoms with E-state index in [9.17, 15) is 4.79 Å². The number of esters is 1. The van der Waals surface area contributed by atoms with Crippen molar-refractivity contribution in [1.82, 2.24) is 5.32 Å². The van der Waals surface area contributed by atoms with Crippen LogP contribution in [-0.4, -0.2) is 66.2 Å². The molecule has 2 aliphatic heterocycles. The number of rotatable bonds is 15. The Morgan fingerprint density at radius 2 is 1.18 bits per heavy atom. The monoisotopic (exact) mass is 777 g/mol. The van der Waals surface area contributed by atoms with Crippen molar-refractivity contribution in [2.45, 2.75) is 74.9 Å². The fourth-order valence-electron chi connectivity index (χ4n) is 6.81. The first-order chi connectivity index (χ1) is 24.1. The molecule has 6 rings (SSSR count). The first kappa shape index (κ1) is 35.7. The van der Waals surface area contributed by atoms with E-state index in [4.69, 9.17) is 28.4 Å². The van der Waals surface area contributed by atoms with Gasteiger partial charge in [-0.2, -0.15) is 0 Å². The van der Waals surface area contributed by atoms with E-state index < -0.39 is 42.0 Å². The zero-order valence-corrected chi connectivity index (χ0v) is 29.9. The Bertz CT molecular complexity index is 1570. The van der Waals surface area contributed by atoms with Crippen molar-refractivity contribution < 1.29 is 33.2 Å². The Balaban J connectivity index is 1.40. The molecule has 7 atom stereocenters. The molecule has 49 heavy (non-hydrogen) atoms. The van der Waals surface area contributed by atoms with E-state index in [1.807, 2.05) is 121 Å². The Kier molecular flexibility index (Phi) is 12.9. The average Bonchev–Trinajstić information content (AvgIpc) is 3.53. The molecule has 0 aromatic heterocycles. The van der Waals surface area contributed by atoms with Gasteiger partial charge in [0.1, 0.15) is 36.1 Å². The van der Waals surface area contributed by atoms with Crippen molar-refractivity contribution in [1.29, 1.82) is 0 Å². The van der Waals surface area contributed by atoms with Crippen molar-refractivity contribution in [3.63, 3.8) is 0 Å². The molecular formula is C40H44INO7. The largest absolute Gasteiger partial charge is 0.468 e. The fraction of sp³-hybridized carbons (Fsp3) is 0.375. The van der Waals surface area contributed by atoms with E-state index in [1.165, 1.54) is 7.11 Å². The van der Waals surface area contributed by atoms with Gasteiger partial charge in [-0.05, 0) is 28.7 Å². The first-order valence-electron chi connectivity index (χ1n) is 16.8. The van der Waals surface area contributed by atoms with Gasteiger partial charge in [-0.25, -0.2) is 0 Å². The van der Waals surface area contributed by atoms with E-state index in [-0.39, 0.29) is 12.6 Å². The second kappa shape index (κ2) is 17.7. The van der Waals surface area contributed by atoms with Gasteiger partial charge in [-0.3, -0.25) is 10.1 Å². The Hall–Kier alpha value is -3.16. The molecular weight excluding hydrogens is 733 g/mol. The molecule has 0 aliphatic carbocycles. The molecule has 1 spiro atoms. The van der Waals surface area contributed by atoms with Gasteiger partial charge in [0.15, 0.2) is 0 Å². The minimum Gasteiger partial charge on any atom is -0.468 e. The van der Waals surface area contributed by atoms with Gasteiger partial charge in [-0.15, -0.1) is 0 Å². The standard InChI is InChI=1S/C40H44INO7/c1-44-39(43)37-40(22-33(23-41)42-37)38(48-27-32-20-12-5-13-21-32)36(47-26-31-18-10-4-11-19-31)35(46-25-30-16-8-3-9-17-30)34(49-40)28-45-24-29-14-6-2-7-15-29/h2-21,33-38,42H,22-28H2,1H3/t33?,34?,35-,36-,37?,38?,40-/m0/s1. The molecule has 4 aromatic carbocycles. The molecule has 0 bridgehead atoms. The zero-order valence-electron chi connectivity index (χ0n) is 27.7. The maximum Gasteiger partial charge on any atom is 0.325 e. The van der Waals surface area contributed by atoms with Crippen LogP contribution in [0.4, 0.5) is 0 Å². The summed E-state index contributed by atoms with van der Waals surface area (Å²) in [5.74, 6) is -0.407. The summed E-state index contributed by atoms with van der Waals surface area (Å²) in [4.78, 5) is 13.6. The van der Waals surface area contributed by atoms with E-state index in [1.54, 1.807) is 0 Å². The van der Waals surface area contributed by atoms with Crippen LogP contribution in [0.15, 0.2) is 121 Å². The summed E-state index contributed by atoms with van der Waals surface area (Å²) in [6.45, 7) is 1.57. The average molecular weight is 778 g/mol. The van der Waals surface area contributed by atoms with Crippen molar-refractivity contribution in [2.24, 2.45) is 0 Å². The fourth-order valence-corrected chi connectivity index (χ4v) is 7.37. The molecule has 2 fully saturated rings. The van der Waals surface area contributed by atoms with E-state index in [2.05, 4.69) is 27.9 Å².